The molecule has 0 bridgehead atoms. The van der Waals surface area contributed by atoms with Crippen LogP contribution in [0.15, 0.2) is 21.3 Å². The van der Waals surface area contributed by atoms with Gasteiger partial charge in [0, 0.05) is 25.3 Å². The third-order valence-electron chi connectivity index (χ3n) is 2.64. The lowest BCUT2D eigenvalue weighted by Crippen LogP contribution is -2.06. The molecule has 1 rings (SSSR count). The molecule has 19 heavy (non-hydrogen) atoms. The predicted octanol–water partition coefficient (Wildman–Crippen LogP) is 3.27. The molecule has 4 heteroatoms. The summed E-state index contributed by atoms with van der Waals surface area (Å²) < 4.78 is 16.4. The minimum Gasteiger partial charge on any atom is -0.461 e. The topological polar surface area (TPSA) is 48.7 Å². The van der Waals surface area contributed by atoms with Crippen molar-refractivity contribution in [3.63, 3.8) is 0 Å². The van der Waals surface area contributed by atoms with Gasteiger partial charge in [0.2, 0.25) is 0 Å². The highest BCUT2D eigenvalue weighted by Crippen LogP contribution is 2.06. The van der Waals surface area contributed by atoms with E-state index in [1.54, 1.807) is 0 Å². The van der Waals surface area contributed by atoms with Gasteiger partial charge >= 0.3 is 0 Å². The predicted molar refractivity (Wildman–Crippen MR) is 74.1 cm³/mol. The first-order valence-corrected chi connectivity index (χ1v) is 7.04. The average Bonchev–Trinajstić information content (AvgIpc) is 2.39. The molecule has 0 N–H and O–H groups in total. The summed E-state index contributed by atoms with van der Waals surface area (Å²) in [5, 5.41) is 0. The molecular formula is C15H24O4. The van der Waals surface area contributed by atoms with Gasteiger partial charge in [0.25, 0.3) is 0 Å². The lowest BCUT2D eigenvalue weighted by Gasteiger charge is -2.06. The van der Waals surface area contributed by atoms with Gasteiger partial charge in [0.05, 0.1) is 0 Å². The Morgan fingerprint density at radius 1 is 0.947 bits per heavy atom. The molecule has 4 nitrogen and oxygen atoms in total. The van der Waals surface area contributed by atoms with Crippen LogP contribution in [0, 0.1) is 0 Å². The molecule has 0 aliphatic rings. The minimum absolute atomic E-state index is 0.0607. The van der Waals surface area contributed by atoms with E-state index in [1.165, 1.54) is 12.1 Å². The van der Waals surface area contributed by atoms with Gasteiger partial charge in [-0.2, -0.15) is 0 Å². The van der Waals surface area contributed by atoms with E-state index in [9.17, 15) is 4.79 Å². The standard InChI is InChI=1S/C15H24O4/c1-3-5-7-17-11-14-9-13(16)10-15(19-14)12-18-8-6-4-2/h9-10H,3-8,11-12H2,1-2H3. The Morgan fingerprint density at radius 2 is 1.42 bits per heavy atom. The van der Waals surface area contributed by atoms with Crippen LogP contribution in [0.5, 0.6) is 0 Å². The molecule has 1 heterocycles. The second kappa shape index (κ2) is 9.75. The summed E-state index contributed by atoms with van der Waals surface area (Å²) in [5.74, 6) is 1.13. The van der Waals surface area contributed by atoms with Gasteiger partial charge in [0.1, 0.15) is 24.7 Å². The SMILES string of the molecule is CCCCOCc1cc(=O)cc(COCCCC)o1. The van der Waals surface area contributed by atoms with Gasteiger partial charge in [-0.3, -0.25) is 4.79 Å². The molecule has 108 valence electrons. The van der Waals surface area contributed by atoms with Crippen molar-refractivity contribution >= 4 is 0 Å². The molecule has 0 aliphatic heterocycles. The van der Waals surface area contributed by atoms with Crippen LogP contribution in [0.4, 0.5) is 0 Å². The van der Waals surface area contributed by atoms with Crippen molar-refractivity contribution in [2.75, 3.05) is 13.2 Å². The molecule has 0 saturated carbocycles. The first kappa shape index (κ1) is 15.9. The second-order valence-corrected chi connectivity index (χ2v) is 4.54. The van der Waals surface area contributed by atoms with Crippen LogP contribution in [-0.2, 0) is 22.7 Å². The Labute approximate surface area is 114 Å². The Bertz CT molecular complexity index is 364. The number of rotatable bonds is 10. The molecule has 0 unspecified atom stereocenters. The highest BCUT2D eigenvalue weighted by atomic mass is 16.5. The number of ether oxygens (including phenoxy) is 2. The molecule has 0 aliphatic carbocycles. The normalized spacial score (nSPS) is 10.8. The molecule has 0 amide bonds. The summed E-state index contributed by atoms with van der Waals surface area (Å²) >= 11 is 0. The summed E-state index contributed by atoms with van der Waals surface area (Å²) in [7, 11) is 0. The zero-order valence-electron chi connectivity index (χ0n) is 11.9. The number of unbranched alkanes of at least 4 members (excludes halogenated alkanes) is 2. The van der Waals surface area contributed by atoms with E-state index < -0.39 is 0 Å². The van der Waals surface area contributed by atoms with Crippen molar-refractivity contribution < 1.29 is 13.9 Å². The fourth-order valence-corrected chi connectivity index (χ4v) is 1.57. The quantitative estimate of drug-likeness (QED) is 0.611. The van der Waals surface area contributed by atoms with E-state index in [0.29, 0.717) is 37.9 Å². The van der Waals surface area contributed by atoms with Gasteiger partial charge in [0.15, 0.2) is 5.43 Å². The third-order valence-corrected chi connectivity index (χ3v) is 2.64. The smallest absolute Gasteiger partial charge is 0.185 e. The number of hydrogen-bond acceptors (Lipinski definition) is 4. The summed E-state index contributed by atoms with van der Waals surface area (Å²) in [6, 6.07) is 2.95. The van der Waals surface area contributed by atoms with Crippen LogP contribution in [0.1, 0.15) is 51.1 Å². The van der Waals surface area contributed by atoms with E-state index in [1.807, 2.05) is 0 Å². The highest BCUT2D eigenvalue weighted by Gasteiger charge is 2.03. The third kappa shape index (κ3) is 7.13. The van der Waals surface area contributed by atoms with Crippen LogP contribution in [-0.4, -0.2) is 13.2 Å². The van der Waals surface area contributed by atoms with Crippen LogP contribution in [0.3, 0.4) is 0 Å². The van der Waals surface area contributed by atoms with Gasteiger partial charge in [-0.05, 0) is 12.8 Å². The van der Waals surface area contributed by atoms with Crippen molar-refractivity contribution in [1.82, 2.24) is 0 Å². The molecule has 0 saturated heterocycles. The Kier molecular flexibility index (Phi) is 8.18. The summed E-state index contributed by atoms with van der Waals surface area (Å²) in [5.41, 5.74) is -0.0607. The maximum atomic E-state index is 11.5. The van der Waals surface area contributed by atoms with Crippen molar-refractivity contribution in [2.45, 2.75) is 52.7 Å². The molecule has 0 atom stereocenters. The average molecular weight is 268 g/mol. The van der Waals surface area contributed by atoms with E-state index in [0.717, 1.165) is 25.7 Å². The van der Waals surface area contributed by atoms with Crippen molar-refractivity contribution in [3.05, 3.63) is 33.9 Å². The zero-order valence-corrected chi connectivity index (χ0v) is 11.9. The highest BCUT2D eigenvalue weighted by molar-refractivity contribution is 5.05. The molecule has 0 aromatic carbocycles. The zero-order chi connectivity index (χ0) is 13.9. The Balaban J connectivity index is 2.44. The van der Waals surface area contributed by atoms with E-state index in [-0.39, 0.29) is 5.43 Å². The monoisotopic (exact) mass is 268 g/mol. The van der Waals surface area contributed by atoms with E-state index >= 15 is 0 Å². The molecule has 0 radical (unpaired) electrons. The minimum atomic E-state index is -0.0607. The van der Waals surface area contributed by atoms with E-state index in [4.69, 9.17) is 13.9 Å². The van der Waals surface area contributed by atoms with Gasteiger partial charge < -0.3 is 13.9 Å². The second-order valence-electron chi connectivity index (χ2n) is 4.54. The Hall–Kier alpha value is -1.13. The van der Waals surface area contributed by atoms with Gasteiger partial charge in [-0.25, -0.2) is 0 Å². The first-order chi connectivity index (χ1) is 9.26. The van der Waals surface area contributed by atoms with Crippen molar-refractivity contribution in [3.8, 4) is 0 Å². The fraction of sp³-hybridized carbons (Fsp3) is 0.667. The fourth-order valence-electron chi connectivity index (χ4n) is 1.57. The Morgan fingerprint density at radius 3 is 1.84 bits per heavy atom. The maximum Gasteiger partial charge on any atom is 0.185 e. The summed E-state index contributed by atoms with van der Waals surface area (Å²) in [4.78, 5) is 11.5. The molecular weight excluding hydrogens is 244 g/mol. The first-order valence-electron chi connectivity index (χ1n) is 7.04. The van der Waals surface area contributed by atoms with Crippen molar-refractivity contribution in [1.29, 1.82) is 0 Å². The molecule has 1 aromatic heterocycles. The summed E-state index contributed by atoms with van der Waals surface area (Å²) in [6.07, 6.45) is 4.22. The summed E-state index contributed by atoms with van der Waals surface area (Å²) in [6.45, 7) is 6.29. The van der Waals surface area contributed by atoms with E-state index in [2.05, 4.69) is 13.8 Å². The lowest BCUT2D eigenvalue weighted by atomic mass is 10.3. The van der Waals surface area contributed by atoms with Crippen LogP contribution in [0.2, 0.25) is 0 Å². The molecule has 0 fully saturated rings. The largest absolute Gasteiger partial charge is 0.461 e. The van der Waals surface area contributed by atoms with Crippen molar-refractivity contribution in [2.24, 2.45) is 0 Å². The number of hydrogen-bond donors (Lipinski definition) is 0. The van der Waals surface area contributed by atoms with Crippen LogP contribution < -0.4 is 5.43 Å². The molecule has 0 spiro atoms. The van der Waals surface area contributed by atoms with Crippen LogP contribution in [0.25, 0.3) is 0 Å². The lowest BCUT2D eigenvalue weighted by molar-refractivity contribution is 0.0840. The maximum absolute atomic E-state index is 11.5. The van der Waals surface area contributed by atoms with Gasteiger partial charge in [-0.1, -0.05) is 26.7 Å². The molecule has 1 aromatic rings. The van der Waals surface area contributed by atoms with Crippen LogP contribution >= 0.6 is 0 Å². The van der Waals surface area contributed by atoms with Gasteiger partial charge in [-0.15, -0.1) is 0 Å².